The van der Waals surface area contributed by atoms with E-state index in [9.17, 15) is 0 Å². The van der Waals surface area contributed by atoms with Crippen molar-refractivity contribution >= 4 is 29.9 Å². The predicted molar refractivity (Wildman–Crippen MR) is 136 cm³/mol. The van der Waals surface area contributed by atoms with Crippen LogP contribution in [0.1, 0.15) is 23.6 Å². The largest absolute Gasteiger partial charge is 0.379 e. The first-order valence-corrected chi connectivity index (χ1v) is 11.0. The van der Waals surface area contributed by atoms with Crippen LogP contribution in [0, 0.1) is 6.92 Å². The summed E-state index contributed by atoms with van der Waals surface area (Å²) in [5.41, 5.74) is 1.18. The van der Waals surface area contributed by atoms with E-state index in [1.165, 1.54) is 5.56 Å². The van der Waals surface area contributed by atoms with Gasteiger partial charge in [-0.25, -0.2) is 4.99 Å². The Kier molecular flexibility index (Phi) is 12.5. The fraction of sp³-hybridized carbons (Fsp3) is 0.591. The highest BCUT2D eigenvalue weighted by Crippen LogP contribution is 2.01. The maximum atomic E-state index is 5.77. The van der Waals surface area contributed by atoms with Gasteiger partial charge in [-0.2, -0.15) is 0 Å². The minimum absolute atomic E-state index is 0. The number of morpholine rings is 1. The van der Waals surface area contributed by atoms with Gasteiger partial charge in [0.05, 0.1) is 26.4 Å². The van der Waals surface area contributed by atoms with Crippen LogP contribution >= 0.6 is 24.0 Å². The van der Waals surface area contributed by atoms with E-state index in [1.807, 2.05) is 36.7 Å². The molecule has 1 fully saturated rings. The summed E-state index contributed by atoms with van der Waals surface area (Å²) in [6.45, 7) is 9.93. The molecule has 1 aromatic carbocycles. The fourth-order valence-electron chi connectivity index (χ4n) is 3.25. The van der Waals surface area contributed by atoms with Crippen molar-refractivity contribution in [2.45, 2.75) is 26.5 Å². The minimum atomic E-state index is 0. The normalized spacial score (nSPS) is 14.8. The van der Waals surface area contributed by atoms with Gasteiger partial charge >= 0.3 is 0 Å². The molecular weight excluding hydrogens is 521 g/mol. The van der Waals surface area contributed by atoms with Crippen LogP contribution in [0.3, 0.4) is 0 Å². The lowest BCUT2D eigenvalue weighted by atomic mass is 10.2. The van der Waals surface area contributed by atoms with Crippen LogP contribution in [-0.2, 0) is 29.7 Å². The third kappa shape index (κ3) is 9.39. The second kappa shape index (κ2) is 15.1. The molecule has 0 aliphatic carbocycles. The van der Waals surface area contributed by atoms with Crippen molar-refractivity contribution in [1.82, 2.24) is 30.3 Å². The van der Waals surface area contributed by atoms with Crippen molar-refractivity contribution in [2.24, 2.45) is 12.0 Å². The zero-order valence-electron chi connectivity index (χ0n) is 19.1. The predicted octanol–water partition coefficient (Wildman–Crippen LogP) is 1.72. The van der Waals surface area contributed by atoms with E-state index in [0.29, 0.717) is 26.3 Å². The number of benzene rings is 1. The second-order valence-electron chi connectivity index (χ2n) is 7.59. The molecule has 178 valence electrons. The number of rotatable bonds is 11. The van der Waals surface area contributed by atoms with Crippen molar-refractivity contribution in [2.75, 3.05) is 52.5 Å². The number of aromatic nitrogens is 3. The van der Waals surface area contributed by atoms with Crippen molar-refractivity contribution < 1.29 is 9.47 Å². The topological polar surface area (TPSA) is 88.8 Å². The maximum absolute atomic E-state index is 5.77. The van der Waals surface area contributed by atoms with Gasteiger partial charge in [0.2, 0.25) is 0 Å². The van der Waals surface area contributed by atoms with E-state index >= 15 is 0 Å². The Hall–Kier alpha value is -1.76. The number of nitrogens with one attached hydrogen (secondary N) is 2. The first-order chi connectivity index (χ1) is 15.2. The Morgan fingerprint density at radius 1 is 1.12 bits per heavy atom. The SMILES string of the molecule is Cc1nnc(CN=C(NCCCN2CCOCC2)NCCOCc2ccccc2)n1C.I. The summed E-state index contributed by atoms with van der Waals surface area (Å²) >= 11 is 0. The molecule has 0 unspecified atom stereocenters. The maximum Gasteiger partial charge on any atom is 0.191 e. The average molecular weight is 557 g/mol. The van der Waals surface area contributed by atoms with Gasteiger partial charge in [0.25, 0.3) is 0 Å². The molecular formula is C22H36IN7O2. The molecule has 1 aliphatic rings. The van der Waals surface area contributed by atoms with E-state index in [4.69, 9.17) is 14.5 Å². The number of ether oxygens (including phenoxy) is 2. The summed E-state index contributed by atoms with van der Waals surface area (Å²) in [6, 6.07) is 10.2. The summed E-state index contributed by atoms with van der Waals surface area (Å²) in [5, 5.41) is 15.1. The average Bonchev–Trinajstić information content (AvgIpc) is 3.13. The van der Waals surface area contributed by atoms with Crippen molar-refractivity contribution in [1.29, 1.82) is 0 Å². The molecule has 2 heterocycles. The van der Waals surface area contributed by atoms with Crippen LogP contribution in [0.2, 0.25) is 0 Å². The molecule has 1 saturated heterocycles. The van der Waals surface area contributed by atoms with Crippen LogP contribution in [0.5, 0.6) is 0 Å². The Labute approximate surface area is 208 Å². The molecule has 0 spiro atoms. The zero-order chi connectivity index (χ0) is 21.7. The molecule has 0 atom stereocenters. The molecule has 10 heteroatoms. The molecule has 1 aliphatic heterocycles. The first kappa shape index (κ1) is 26.5. The van der Waals surface area contributed by atoms with Gasteiger partial charge in [-0.05, 0) is 25.5 Å². The van der Waals surface area contributed by atoms with Gasteiger partial charge in [-0.15, -0.1) is 34.2 Å². The van der Waals surface area contributed by atoms with Crippen molar-refractivity contribution in [3.8, 4) is 0 Å². The monoisotopic (exact) mass is 557 g/mol. The van der Waals surface area contributed by atoms with Gasteiger partial charge in [0.15, 0.2) is 11.8 Å². The summed E-state index contributed by atoms with van der Waals surface area (Å²) < 4.78 is 13.1. The summed E-state index contributed by atoms with van der Waals surface area (Å²) in [6.07, 6.45) is 1.05. The van der Waals surface area contributed by atoms with Crippen LogP contribution in [0.15, 0.2) is 35.3 Å². The molecule has 0 bridgehead atoms. The van der Waals surface area contributed by atoms with Crippen LogP contribution in [0.4, 0.5) is 0 Å². The van der Waals surface area contributed by atoms with Gasteiger partial charge in [-0.3, -0.25) is 4.90 Å². The van der Waals surface area contributed by atoms with Crippen molar-refractivity contribution in [3.05, 3.63) is 47.5 Å². The molecule has 9 nitrogen and oxygen atoms in total. The van der Waals surface area contributed by atoms with Crippen LogP contribution < -0.4 is 10.6 Å². The summed E-state index contributed by atoms with van der Waals surface area (Å²) in [4.78, 5) is 7.13. The molecule has 32 heavy (non-hydrogen) atoms. The molecule has 3 rings (SSSR count). The number of aliphatic imine (C=N–C) groups is 1. The van der Waals surface area contributed by atoms with Gasteiger partial charge in [0, 0.05) is 33.2 Å². The summed E-state index contributed by atoms with van der Waals surface area (Å²) in [5.74, 6) is 2.49. The molecule has 0 amide bonds. The van der Waals surface area contributed by atoms with E-state index in [2.05, 4.69) is 37.9 Å². The lowest BCUT2D eigenvalue weighted by molar-refractivity contribution is 0.0376. The highest BCUT2D eigenvalue weighted by Gasteiger charge is 2.10. The molecule has 1 aromatic heterocycles. The third-order valence-electron chi connectivity index (χ3n) is 5.26. The molecule has 2 N–H and O–H groups in total. The zero-order valence-corrected chi connectivity index (χ0v) is 21.5. The Balaban J connectivity index is 0.00000363. The molecule has 0 radical (unpaired) electrons. The lowest BCUT2D eigenvalue weighted by Crippen LogP contribution is -2.41. The van der Waals surface area contributed by atoms with Crippen LogP contribution in [0.25, 0.3) is 0 Å². The van der Waals surface area contributed by atoms with E-state index < -0.39 is 0 Å². The number of hydrogen-bond donors (Lipinski definition) is 2. The number of halogens is 1. The fourth-order valence-corrected chi connectivity index (χ4v) is 3.25. The summed E-state index contributed by atoms with van der Waals surface area (Å²) in [7, 11) is 1.96. The quantitative estimate of drug-likeness (QED) is 0.188. The van der Waals surface area contributed by atoms with E-state index in [-0.39, 0.29) is 24.0 Å². The number of nitrogens with zero attached hydrogens (tertiary/aromatic N) is 5. The smallest absolute Gasteiger partial charge is 0.191 e. The van der Waals surface area contributed by atoms with E-state index in [1.54, 1.807) is 0 Å². The number of hydrogen-bond acceptors (Lipinski definition) is 6. The number of aryl methyl sites for hydroxylation is 1. The second-order valence-corrected chi connectivity index (χ2v) is 7.59. The third-order valence-corrected chi connectivity index (χ3v) is 5.26. The van der Waals surface area contributed by atoms with Gasteiger partial charge in [-0.1, -0.05) is 30.3 Å². The minimum Gasteiger partial charge on any atom is -0.379 e. The van der Waals surface area contributed by atoms with Crippen molar-refractivity contribution in [3.63, 3.8) is 0 Å². The molecule has 2 aromatic rings. The Morgan fingerprint density at radius 3 is 2.59 bits per heavy atom. The van der Waals surface area contributed by atoms with Gasteiger partial charge in [0.1, 0.15) is 12.4 Å². The molecule has 0 saturated carbocycles. The highest BCUT2D eigenvalue weighted by atomic mass is 127. The standard InChI is InChI=1S/C22H35N7O2.HI/c1-19-26-27-21(28(19)2)17-25-22(23-9-6-11-29-12-15-30-16-13-29)24-10-14-31-18-20-7-4-3-5-8-20;/h3-5,7-8H,6,9-18H2,1-2H3,(H2,23,24,25);1H. The Bertz CT molecular complexity index is 795. The first-order valence-electron chi connectivity index (χ1n) is 11.0. The highest BCUT2D eigenvalue weighted by molar-refractivity contribution is 14.0. The van der Waals surface area contributed by atoms with Gasteiger partial charge < -0.3 is 24.7 Å². The van der Waals surface area contributed by atoms with Crippen LogP contribution in [-0.4, -0.2) is 78.2 Å². The van der Waals surface area contributed by atoms with E-state index in [0.717, 1.165) is 63.4 Å². The lowest BCUT2D eigenvalue weighted by Gasteiger charge is -2.26. The Morgan fingerprint density at radius 2 is 1.88 bits per heavy atom. The number of guanidine groups is 1.